The number of fused-ring (bicyclic) bond motifs is 1. The molecule has 0 saturated heterocycles. The molecule has 0 spiro atoms. The van der Waals surface area contributed by atoms with Gasteiger partial charge in [-0.3, -0.25) is 14.4 Å². The molecule has 0 saturated carbocycles. The number of pyridine rings is 1. The summed E-state index contributed by atoms with van der Waals surface area (Å²) >= 11 is 0. The number of carbonyl (C=O) groups excluding carboxylic acids is 2. The van der Waals surface area contributed by atoms with Crippen LogP contribution in [-0.4, -0.2) is 27.4 Å². The minimum Gasteiger partial charge on any atom is -0.506 e. The van der Waals surface area contributed by atoms with Crippen LogP contribution in [0.5, 0.6) is 5.75 Å². The Morgan fingerprint density at radius 1 is 1.36 bits per heavy atom. The molecule has 2 aromatic rings. The van der Waals surface area contributed by atoms with E-state index in [-0.39, 0.29) is 11.2 Å². The van der Waals surface area contributed by atoms with Crippen LogP contribution in [0.15, 0.2) is 23.0 Å². The lowest BCUT2D eigenvalue weighted by Crippen LogP contribution is -2.40. The van der Waals surface area contributed by atoms with Crippen LogP contribution in [-0.2, 0) is 11.8 Å². The first-order valence-corrected chi connectivity index (χ1v) is 6.56. The van der Waals surface area contributed by atoms with E-state index in [1.807, 2.05) is 0 Å². The first-order valence-electron chi connectivity index (χ1n) is 6.56. The number of aromatic hydroxyl groups is 1. The van der Waals surface area contributed by atoms with Crippen LogP contribution in [0.1, 0.15) is 24.2 Å². The molecule has 1 aromatic heterocycles. The SMILES string of the molecule is CC(=O)[C@H](C)NC(=O)c1c(O)c2cc(F)ccc2n(C)c1=O. The van der Waals surface area contributed by atoms with Crippen LogP contribution in [0.2, 0.25) is 0 Å². The van der Waals surface area contributed by atoms with Crippen molar-refractivity contribution in [2.24, 2.45) is 7.05 Å². The zero-order valence-electron chi connectivity index (χ0n) is 12.3. The molecule has 1 heterocycles. The number of Topliss-reactive ketones (excluding diaryl/α,β-unsaturated/α-hetero) is 1. The van der Waals surface area contributed by atoms with Crippen molar-refractivity contribution in [2.75, 3.05) is 0 Å². The topological polar surface area (TPSA) is 88.4 Å². The maximum Gasteiger partial charge on any atom is 0.267 e. The summed E-state index contributed by atoms with van der Waals surface area (Å²) in [6.45, 7) is 2.75. The molecule has 22 heavy (non-hydrogen) atoms. The van der Waals surface area contributed by atoms with Gasteiger partial charge in [-0.1, -0.05) is 0 Å². The van der Waals surface area contributed by atoms with Crippen LogP contribution in [0, 0.1) is 5.82 Å². The Balaban J connectivity index is 2.66. The highest BCUT2D eigenvalue weighted by atomic mass is 19.1. The summed E-state index contributed by atoms with van der Waals surface area (Å²) in [6, 6.07) is 2.72. The molecule has 1 aromatic carbocycles. The Hall–Kier alpha value is -2.70. The van der Waals surface area contributed by atoms with Crippen molar-refractivity contribution in [3.8, 4) is 5.75 Å². The highest BCUT2D eigenvalue weighted by Gasteiger charge is 2.23. The molecular formula is C15H15FN2O4. The second-order valence-electron chi connectivity index (χ2n) is 5.06. The maximum atomic E-state index is 13.4. The number of amides is 1. The number of nitrogens with one attached hydrogen (secondary N) is 1. The van der Waals surface area contributed by atoms with E-state index in [9.17, 15) is 23.9 Å². The fourth-order valence-corrected chi connectivity index (χ4v) is 2.08. The van der Waals surface area contributed by atoms with Gasteiger partial charge in [0.2, 0.25) is 0 Å². The van der Waals surface area contributed by atoms with Crippen molar-refractivity contribution in [1.82, 2.24) is 9.88 Å². The molecule has 0 unspecified atom stereocenters. The minimum atomic E-state index is -0.882. The molecule has 116 valence electrons. The van der Waals surface area contributed by atoms with Crippen molar-refractivity contribution in [3.63, 3.8) is 0 Å². The van der Waals surface area contributed by atoms with Gasteiger partial charge >= 0.3 is 0 Å². The molecule has 1 atom stereocenters. The molecule has 2 rings (SSSR count). The standard InChI is InChI=1S/C15H15FN2O4/c1-7(8(2)19)17-14(21)12-13(20)10-6-9(16)4-5-11(10)18(3)15(12)22/h4-7,20H,1-3H3,(H,17,21)/t7-/m0/s1. The molecular weight excluding hydrogens is 291 g/mol. The lowest BCUT2D eigenvalue weighted by molar-refractivity contribution is -0.118. The highest BCUT2D eigenvalue weighted by Crippen LogP contribution is 2.26. The average Bonchev–Trinajstić information content (AvgIpc) is 2.44. The van der Waals surface area contributed by atoms with Crippen LogP contribution in [0.3, 0.4) is 0 Å². The zero-order chi connectivity index (χ0) is 16.6. The summed E-state index contributed by atoms with van der Waals surface area (Å²) in [6.07, 6.45) is 0. The number of hydrogen-bond acceptors (Lipinski definition) is 4. The summed E-state index contributed by atoms with van der Waals surface area (Å²) in [5.74, 6) is -2.39. The van der Waals surface area contributed by atoms with Gasteiger partial charge in [-0.2, -0.15) is 0 Å². The van der Waals surface area contributed by atoms with Gasteiger partial charge in [-0.05, 0) is 32.0 Å². The van der Waals surface area contributed by atoms with E-state index in [0.29, 0.717) is 5.52 Å². The lowest BCUT2D eigenvalue weighted by Gasteiger charge is -2.14. The fourth-order valence-electron chi connectivity index (χ4n) is 2.08. The molecule has 0 aliphatic rings. The third-order valence-electron chi connectivity index (χ3n) is 3.51. The number of hydrogen-bond donors (Lipinski definition) is 2. The summed E-state index contributed by atoms with van der Waals surface area (Å²) in [5, 5.41) is 12.5. The smallest absolute Gasteiger partial charge is 0.267 e. The summed E-state index contributed by atoms with van der Waals surface area (Å²) in [4.78, 5) is 35.6. The van der Waals surface area contributed by atoms with Gasteiger partial charge in [-0.25, -0.2) is 4.39 Å². The average molecular weight is 306 g/mol. The number of aromatic nitrogens is 1. The van der Waals surface area contributed by atoms with Crippen LogP contribution >= 0.6 is 0 Å². The number of nitrogens with zero attached hydrogens (tertiary/aromatic N) is 1. The summed E-state index contributed by atoms with van der Waals surface area (Å²) in [7, 11) is 1.41. The number of aryl methyl sites for hydroxylation is 1. The van der Waals surface area contributed by atoms with Crippen molar-refractivity contribution in [2.45, 2.75) is 19.9 Å². The first-order chi connectivity index (χ1) is 10.2. The summed E-state index contributed by atoms with van der Waals surface area (Å²) in [5.41, 5.74) is -0.960. The molecule has 2 N–H and O–H groups in total. The van der Waals surface area contributed by atoms with E-state index in [2.05, 4.69) is 5.32 Å². The lowest BCUT2D eigenvalue weighted by atomic mass is 10.1. The zero-order valence-corrected chi connectivity index (χ0v) is 12.3. The summed E-state index contributed by atoms with van der Waals surface area (Å²) < 4.78 is 14.5. The monoisotopic (exact) mass is 306 g/mol. The normalized spacial score (nSPS) is 12.2. The Bertz CT molecular complexity index is 842. The van der Waals surface area contributed by atoms with Crippen molar-refractivity contribution in [1.29, 1.82) is 0 Å². The number of carbonyl (C=O) groups is 2. The molecule has 0 radical (unpaired) electrons. The van der Waals surface area contributed by atoms with Crippen molar-refractivity contribution in [3.05, 3.63) is 39.9 Å². The van der Waals surface area contributed by atoms with E-state index in [1.54, 1.807) is 0 Å². The van der Waals surface area contributed by atoms with E-state index in [4.69, 9.17) is 0 Å². The van der Waals surface area contributed by atoms with E-state index in [0.717, 1.165) is 16.7 Å². The quantitative estimate of drug-likeness (QED) is 0.888. The van der Waals surface area contributed by atoms with E-state index in [1.165, 1.54) is 27.0 Å². The second-order valence-corrected chi connectivity index (χ2v) is 5.06. The maximum absolute atomic E-state index is 13.4. The fraction of sp³-hybridized carbons (Fsp3) is 0.267. The van der Waals surface area contributed by atoms with Gasteiger partial charge in [0, 0.05) is 12.4 Å². The Kier molecular flexibility index (Phi) is 3.99. The first kappa shape index (κ1) is 15.7. The number of ketones is 1. The second kappa shape index (κ2) is 5.59. The molecule has 0 fully saturated rings. The highest BCUT2D eigenvalue weighted by molar-refractivity contribution is 6.03. The predicted octanol–water partition coefficient (Wildman–Crippen LogP) is 1.09. The van der Waals surface area contributed by atoms with Crippen molar-refractivity contribution >= 4 is 22.6 Å². The van der Waals surface area contributed by atoms with Gasteiger partial charge < -0.3 is 15.0 Å². The Labute approximate surface area is 125 Å². The van der Waals surface area contributed by atoms with E-state index < -0.39 is 34.6 Å². The molecule has 6 nitrogen and oxygen atoms in total. The largest absolute Gasteiger partial charge is 0.506 e. The number of rotatable bonds is 3. The third kappa shape index (κ3) is 2.57. The molecule has 0 aliphatic heterocycles. The van der Waals surface area contributed by atoms with Gasteiger partial charge in [0.05, 0.1) is 11.6 Å². The van der Waals surface area contributed by atoms with Crippen LogP contribution < -0.4 is 10.9 Å². The number of halogens is 1. The molecule has 0 bridgehead atoms. The molecule has 7 heteroatoms. The van der Waals surface area contributed by atoms with Crippen LogP contribution in [0.25, 0.3) is 10.9 Å². The van der Waals surface area contributed by atoms with Gasteiger partial charge in [0.1, 0.15) is 17.1 Å². The Morgan fingerprint density at radius 2 is 2.00 bits per heavy atom. The third-order valence-corrected chi connectivity index (χ3v) is 3.51. The van der Waals surface area contributed by atoms with Gasteiger partial charge in [0.25, 0.3) is 11.5 Å². The predicted molar refractivity (Wildman–Crippen MR) is 78.4 cm³/mol. The van der Waals surface area contributed by atoms with Gasteiger partial charge in [-0.15, -0.1) is 0 Å². The van der Waals surface area contributed by atoms with Crippen LogP contribution in [0.4, 0.5) is 4.39 Å². The van der Waals surface area contributed by atoms with Gasteiger partial charge in [0.15, 0.2) is 5.78 Å². The number of benzene rings is 1. The van der Waals surface area contributed by atoms with Crippen molar-refractivity contribution < 1.29 is 19.1 Å². The minimum absolute atomic E-state index is 0.0442. The van der Waals surface area contributed by atoms with E-state index >= 15 is 0 Å². The Morgan fingerprint density at radius 3 is 2.59 bits per heavy atom. The molecule has 0 aliphatic carbocycles. The molecule has 1 amide bonds.